The van der Waals surface area contributed by atoms with Crippen LogP contribution in [0.1, 0.15) is 11.5 Å². The first-order valence-electron chi connectivity index (χ1n) is 5.95. The van der Waals surface area contributed by atoms with Crippen molar-refractivity contribution in [3.8, 4) is 0 Å². The van der Waals surface area contributed by atoms with Crippen molar-refractivity contribution < 1.29 is 18.1 Å². The Balaban J connectivity index is 2.17. The second kappa shape index (κ2) is 6.57. The van der Waals surface area contributed by atoms with Gasteiger partial charge in [-0.25, -0.2) is 8.78 Å². The van der Waals surface area contributed by atoms with Gasteiger partial charge >= 0.3 is 0 Å². The number of hydrogen-bond acceptors (Lipinski definition) is 5. The second-order valence-electron chi connectivity index (χ2n) is 4.19. The van der Waals surface area contributed by atoms with Gasteiger partial charge in [0.05, 0.1) is 23.3 Å². The first-order valence-corrected chi connectivity index (χ1v) is 7.34. The van der Waals surface area contributed by atoms with Gasteiger partial charge in [-0.2, -0.15) is 11.8 Å². The van der Waals surface area contributed by atoms with E-state index in [9.17, 15) is 18.9 Å². The molecule has 21 heavy (non-hydrogen) atoms. The number of benzene rings is 1. The van der Waals surface area contributed by atoms with Gasteiger partial charge in [0.15, 0.2) is 5.82 Å². The third kappa shape index (κ3) is 3.72. The molecule has 0 amide bonds. The molecule has 0 aliphatic carbocycles. The highest BCUT2D eigenvalue weighted by Gasteiger charge is 2.20. The molecule has 0 saturated heterocycles. The minimum absolute atomic E-state index is 0.0672. The molecule has 1 heterocycles. The highest BCUT2D eigenvalue weighted by Crippen LogP contribution is 2.29. The third-order valence-electron chi connectivity index (χ3n) is 2.67. The Morgan fingerprint density at radius 1 is 1.33 bits per heavy atom. The molecule has 2 rings (SSSR count). The van der Waals surface area contributed by atoms with Gasteiger partial charge in [0.1, 0.15) is 23.0 Å². The number of rotatable bonds is 6. The summed E-state index contributed by atoms with van der Waals surface area (Å²) in [7, 11) is 0. The van der Waals surface area contributed by atoms with Gasteiger partial charge in [-0.15, -0.1) is 0 Å². The highest BCUT2D eigenvalue weighted by molar-refractivity contribution is 7.97. The van der Waals surface area contributed by atoms with Gasteiger partial charge in [0.25, 0.3) is 5.69 Å². The molecule has 0 radical (unpaired) electrons. The molecule has 0 atom stereocenters. The Bertz CT molecular complexity index is 661. The summed E-state index contributed by atoms with van der Waals surface area (Å²) in [6.07, 6.45) is 1.93. The predicted octanol–water partition coefficient (Wildman–Crippen LogP) is 3.94. The Morgan fingerprint density at radius 3 is 2.71 bits per heavy atom. The maximum atomic E-state index is 13.7. The van der Waals surface area contributed by atoms with E-state index < -0.39 is 22.2 Å². The maximum Gasteiger partial charge on any atom is 0.298 e. The first-order chi connectivity index (χ1) is 10.0. The van der Waals surface area contributed by atoms with Gasteiger partial charge < -0.3 is 9.73 Å². The lowest BCUT2D eigenvalue weighted by Crippen LogP contribution is -2.05. The fourth-order valence-electron chi connectivity index (χ4n) is 1.79. The van der Waals surface area contributed by atoms with Crippen LogP contribution in [0.4, 0.5) is 20.2 Å². The molecular formula is C13H12F2N2O3S. The van der Waals surface area contributed by atoms with E-state index in [0.717, 1.165) is 5.76 Å². The van der Waals surface area contributed by atoms with E-state index in [0.29, 0.717) is 23.6 Å². The molecule has 1 aromatic heterocycles. The van der Waals surface area contributed by atoms with Crippen LogP contribution >= 0.6 is 11.8 Å². The summed E-state index contributed by atoms with van der Waals surface area (Å²) in [6, 6.07) is 4.75. The van der Waals surface area contributed by atoms with E-state index in [-0.39, 0.29) is 12.2 Å². The van der Waals surface area contributed by atoms with Crippen molar-refractivity contribution in [1.82, 2.24) is 0 Å². The van der Waals surface area contributed by atoms with Gasteiger partial charge in [0, 0.05) is 6.07 Å². The van der Waals surface area contributed by atoms with Crippen LogP contribution in [-0.4, -0.2) is 11.2 Å². The quantitative estimate of drug-likeness (QED) is 0.646. The zero-order valence-corrected chi connectivity index (χ0v) is 11.9. The monoisotopic (exact) mass is 314 g/mol. The number of anilines is 1. The molecule has 0 aliphatic rings. The molecular weight excluding hydrogens is 302 g/mol. The van der Waals surface area contributed by atoms with E-state index in [1.165, 1.54) is 0 Å². The predicted molar refractivity (Wildman–Crippen MR) is 76.3 cm³/mol. The molecule has 2 aromatic rings. The summed E-state index contributed by atoms with van der Waals surface area (Å²) in [5, 5.41) is 13.4. The molecule has 0 unspecified atom stereocenters. The lowest BCUT2D eigenvalue weighted by molar-refractivity contribution is -0.384. The molecule has 0 aliphatic heterocycles. The van der Waals surface area contributed by atoms with E-state index in [2.05, 4.69) is 5.32 Å². The third-order valence-corrected chi connectivity index (χ3v) is 3.25. The number of nitrogens with zero attached hydrogens (tertiary/aromatic N) is 1. The SMILES string of the molecule is CSCc1ccc(CNc2c(F)cc(F)cc2[N+](=O)[O-])o1. The zero-order chi connectivity index (χ0) is 15.4. The molecule has 0 spiro atoms. The van der Waals surface area contributed by atoms with Crippen molar-refractivity contribution in [1.29, 1.82) is 0 Å². The van der Waals surface area contributed by atoms with Crippen LogP contribution in [0, 0.1) is 21.7 Å². The molecule has 1 aromatic carbocycles. The fraction of sp³-hybridized carbons (Fsp3) is 0.231. The average molecular weight is 314 g/mol. The molecule has 112 valence electrons. The number of furan rings is 1. The molecule has 1 N–H and O–H groups in total. The molecule has 0 fully saturated rings. The summed E-state index contributed by atoms with van der Waals surface area (Å²) in [5.41, 5.74) is -1.01. The highest BCUT2D eigenvalue weighted by atomic mass is 32.2. The molecule has 0 saturated carbocycles. The smallest absolute Gasteiger partial charge is 0.298 e. The van der Waals surface area contributed by atoms with Crippen LogP contribution in [0.5, 0.6) is 0 Å². The van der Waals surface area contributed by atoms with Crippen molar-refractivity contribution in [2.24, 2.45) is 0 Å². The average Bonchev–Trinajstić information content (AvgIpc) is 2.85. The Labute approximate surface area is 123 Å². The maximum absolute atomic E-state index is 13.7. The summed E-state index contributed by atoms with van der Waals surface area (Å²) in [5.74, 6) is -0.0431. The van der Waals surface area contributed by atoms with Gasteiger partial charge in [0.2, 0.25) is 0 Å². The molecule has 5 nitrogen and oxygen atoms in total. The van der Waals surface area contributed by atoms with Crippen LogP contribution in [0.25, 0.3) is 0 Å². The summed E-state index contributed by atoms with van der Waals surface area (Å²) in [6.45, 7) is 0.0672. The van der Waals surface area contributed by atoms with E-state index in [1.54, 1.807) is 23.9 Å². The number of hydrogen-bond donors (Lipinski definition) is 1. The minimum Gasteiger partial charge on any atom is -0.463 e. The summed E-state index contributed by atoms with van der Waals surface area (Å²) < 4.78 is 32.1. The van der Waals surface area contributed by atoms with Gasteiger partial charge in [-0.1, -0.05) is 0 Å². The van der Waals surface area contributed by atoms with Crippen molar-refractivity contribution in [3.63, 3.8) is 0 Å². The standard InChI is InChI=1S/C13H12F2N2O3S/c1-21-7-10-3-2-9(20-10)6-16-13-11(15)4-8(14)5-12(13)17(18)19/h2-5,16H,6-7H2,1H3. The topological polar surface area (TPSA) is 68.3 Å². The fourth-order valence-corrected chi connectivity index (χ4v) is 2.23. The first kappa shape index (κ1) is 15.3. The van der Waals surface area contributed by atoms with E-state index in [4.69, 9.17) is 4.42 Å². The van der Waals surface area contributed by atoms with Crippen LogP contribution in [0.3, 0.4) is 0 Å². The van der Waals surface area contributed by atoms with Crippen LogP contribution < -0.4 is 5.32 Å². The van der Waals surface area contributed by atoms with E-state index in [1.807, 2.05) is 6.26 Å². The number of nitro benzene ring substituents is 1. The second-order valence-corrected chi connectivity index (χ2v) is 5.06. The molecule has 8 heteroatoms. The van der Waals surface area contributed by atoms with Gasteiger partial charge in [-0.3, -0.25) is 10.1 Å². The van der Waals surface area contributed by atoms with Crippen molar-refractivity contribution in [2.45, 2.75) is 12.3 Å². The number of halogens is 2. The number of thioether (sulfide) groups is 1. The zero-order valence-electron chi connectivity index (χ0n) is 11.1. The van der Waals surface area contributed by atoms with Crippen LogP contribution in [-0.2, 0) is 12.3 Å². The molecule has 0 bridgehead atoms. The van der Waals surface area contributed by atoms with Crippen LogP contribution in [0.15, 0.2) is 28.7 Å². The van der Waals surface area contributed by atoms with Gasteiger partial charge in [-0.05, 0) is 18.4 Å². The Kier molecular flexibility index (Phi) is 4.79. The lowest BCUT2D eigenvalue weighted by Gasteiger charge is -2.07. The van der Waals surface area contributed by atoms with Crippen molar-refractivity contribution in [2.75, 3.05) is 11.6 Å². The number of nitro groups is 1. The Morgan fingerprint density at radius 2 is 2.05 bits per heavy atom. The van der Waals surface area contributed by atoms with E-state index >= 15 is 0 Å². The van der Waals surface area contributed by atoms with Crippen LogP contribution in [0.2, 0.25) is 0 Å². The normalized spacial score (nSPS) is 10.6. The lowest BCUT2D eigenvalue weighted by atomic mass is 10.2. The van der Waals surface area contributed by atoms with Crippen molar-refractivity contribution >= 4 is 23.1 Å². The summed E-state index contributed by atoms with van der Waals surface area (Å²) in [4.78, 5) is 10.00. The van der Waals surface area contributed by atoms with Crippen molar-refractivity contribution in [3.05, 3.63) is 57.5 Å². The number of nitrogens with one attached hydrogen (secondary N) is 1. The Hall–Kier alpha value is -2.09. The minimum atomic E-state index is -1.02. The summed E-state index contributed by atoms with van der Waals surface area (Å²) >= 11 is 1.59. The largest absolute Gasteiger partial charge is 0.463 e.